The fraction of sp³-hybridized carbons (Fsp3) is 0.0769. The van der Waals surface area contributed by atoms with Crippen LogP contribution in [0.4, 0.5) is 0 Å². The van der Waals surface area contributed by atoms with Gasteiger partial charge in [-0.1, -0.05) is 23.2 Å². The Hall–Kier alpha value is -1.98. The number of benzene rings is 1. The summed E-state index contributed by atoms with van der Waals surface area (Å²) in [5, 5.41) is 9.22. The summed E-state index contributed by atoms with van der Waals surface area (Å²) in [7, 11) is 0. The van der Waals surface area contributed by atoms with Gasteiger partial charge in [0.1, 0.15) is 17.0 Å². The van der Waals surface area contributed by atoms with Crippen LogP contribution in [-0.4, -0.2) is 20.2 Å². The van der Waals surface area contributed by atoms with Gasteiger partial charge in [0.2, 0.25) is 0 Å². The molecule has 2 aromatic heterocycles. The van der Waals surface area contributed by atoms with Crippen LogP contribution in [0.15, 0.2) is 29.2 Å². The van der Waals surface area contributed by atoms with Gasteiger partial charge < -0.3 is 4.98 Å². The van der Waals surface area contributed by atoms with Crippen LogP contribution >= 0.6 is 23.2 Å². The first kappa shape index (κ1) is 13.0. The highest BCUT2D eigenvalue weighted by Gasteiger charge is 2.13. The van der Waals surface area contributed by atoms with E-state index in [0.29, 0.717) is 38.0 Å². The zero-order valence-corrected chi connectivity index (χ0v) is 11.8. The van der Waals surface area contributed by atoms with Crippen molar-refractivity contribution in [3.8, 4) is 11.3 Å². The van der Waals surface area contributed by atoms with E-state index in [1.165, 1.54) is 6.20 Å². The second-order valence-electron chi connectivity index (χ2n) is 4.23. The van der Waals surface area contributed by atoms with Gasteiger partial charge in [-0.25, -0.2) is 4.98 Å². The molecule has 0 unspecified atom stereocenters. The van der Waals surface area contributed by atoms with Gasteiger partial charge in [-0.15, -0.1) is 5.10 Å². The van der Waals surface area contributed by atoms with Crippen molar-refractivity contribution in [3.05, 3.63) is 50.6 Å². The predicted molar refractivity (Wildman–Crippen MR) is 78.1 cm³/mol. The monoisotopic (exact) mass is 306 g/mol. The van der Waals surface area contributed by atoms with Crippen LogP contribution in [0, 0.1) is 6.92 Å². The number of nitrogens with zero attached hydrogens (tertiary/aromatic N) is 3. The summed E-state index contributed by atoms with van der Waals surface area (Å²) in [5.41, 5.74) is 1.30. The molecule has 0 atom stereocenters. The number of nitrogens with one attached hydrogen (secondary N) is 1. The largest absolute Gasteiger partial charge is 0.310 e. The van der Waals surface area contributed by atoms with Crippen LogP contribution in [0.1, 0.15) is 5.82 Å². The van der Waals surface area contributed by atoms with Gasteiger partial charge in [0.25, 0.3) is 5.56 Å². The fourth-order valence-corrected chi connectivity index (χ4v) is 2.45. The third-order valence-electron chi connectivity index (χ3n) is 2.83. The van der Waals surface area contributed by atoms with Gasteiger partial charge >= 0.3 is 0 Å². The van der Waals surface area contributed by atoms with E-state index in [2.05, 4.69) is 20.2 Å². The third kappa shape index (κ3) is 2.15. The zero-order valence-electron chi connectivity index (χ0n) is 10.3. The molecule has 5 nitrogen and oxygen atoms in total. The summed E-state index contributed by atoms with van der Waals surface area (Å²) in [6.07, 6.45) is 1.38. The second kappa shape index (κ2) is 4.85. The first-order chi connectivity index (χ1) is 9.56. The Kier molecular flexibility index (Phi) is 3.16. The minimum absolute atomic E-state index is 0.256. The average molecular weight is 307 g/mol. The molecular formula is C13H8Cl2N4O. The number of aromatic amines is 1. The maximum Gasteiger partial charge on any atom is 0.260 e. The maximum absolute atomic E-state index is 11.9. The van der Waals surface area contributed by atoms with Crippen LogP contribution in [0.3, 0.4) is 0 Å². The molecule has 0 amide bonds. The summed E-state index contributed by atoms with van der Waals surface area (Å²) >= 11 is 12.1. The van der Waals surface area contributed by atoms with Gasteiger partial charge in [0.15, 0.2) is 0 Å². The van der Waals surface area contributed by atoms with Crippen molar-refractivity contribution < 1.29 is 0 Å². The van der Waals surface area contributed by atoms with Crippen molar-refractivity contribution in [3.63, 3.8) is 0 Å². The Morgan fingerprint density at radius 1 is 1.25 bits per heavy atom. The van der Waals surface area contributed by atoms with Gasteiger partial charge in [0, 0.05) is 10.6 Å². The third-order valence-corrected chi connectivity index (χ3v) is 3.38. The van der Waals surface area contributed by atoms with Gasteiger partial charge in [-0.2, -0.15) is 5.10 Å². The molecule has 1 N–H and O–H groups in total. The van der Waals surface area contributed by atoms with Crippen LogP contribution in [-0.2, 0) is 0 Å². The quantitative estimate of drug-likeness (QED) is 0.750. The van der Waals surface area contributed by atoms with E-state index in [9.17, 15) is 4.79 Å². The lowest BCUT2D eigenvalue weighted by atomic mass is 10.1. The van der Waals surface area contributed by atoms with E-state index in [1.807, 2.05) is 0 Å². The first-order valence-electron chi connectivity index (χ1n) is 5.74. The molecule has 0 saturated heterocycles. The molecule has 0 saturated carbocycles. The van der Waals surface area contributed by atoms with Gasteiger partial charge in [0.05, 0.1) is 16.6 Å². The molecule has 1 aromatic carbocycles. The van der Waals surface area contributed by atoms with Crippen LogP contribution in [0.5, 0.6) is 0 Å². The Morgan fingerprint density at radius 2 is 2.05 bits per heavy atom. The van der Waals surface area contributed by atoms with Gasteiger partial charge in [-0.05, 0) is 25.1 Å². The molecule has 0 bridgehead atoms. The summed E-state index contributed by atoms with van der Waals surface area (Å²) < 4.78 is 0. The van der Waals surface area contributed by atoms with E-state index >= 15 is 0 Å². The van der Waals surface area contributed by atoms with Crippen LogP contribution in [0.2, 0.25) is 10.0 Å². The number of aromatic nitrogens is 4. The molecule has 0 aliphatic carbocycles. The second-order valence-corrected chi connectivity index (χ2v) is 5.07. The van der Waals surface area contributed by atoms with Crippen molar-refractivity contribution in [2.24, 2.45) is 0 Å². The maximum atomic E-state index is 11.9. The lowest BCUT2D eigenvalue weighted by Gasteiger charge is -2.06. The van der Waals surface area contributed by atoms with E-state index in [1.54, 1.807) is 25.1 Å². The summed E-state index contributed by atoms with van der Waals surface area (Å²) in [4.78, 5) is 18.9. The highest BCUT2D eigenvalue weighted by Crippen LogP contribution is 2.31. The molecule has 100 valence electrons. The molecule has 0 spiro atoms. The Bertz CT molecular complexity index is 876. The minimum Gasteiger partial charge on any atom is -0.310 e. The topological polar surface area (TPSA) is 71.5 Å². The van der Waals surface area contributed by atoms with Crippen molar-refractivity contribution in [2.45, 2.75) is 6.92 Å². The van der Waals surface area contributed by atoms with E-state index in [-0.39, 0.29) is 5.56 Å². The molecule has 0 fully saturated rings. The zero-order chi connectivity index (χ0) is 14.3. The number of fused-ring (bicyclic) bond motifs is 1. The van der Waals surface area contributed by atoms with E-state index in [0.717, 1.165) is 0 Å². The SMILES string of the molecule is Cc1nc2c(-c3ccc(Cl)cc3Cl)nncc2c(=O)[nH]1. The normalized spacial score (nSPS) is 10.9. The molecule has 0 radical (unpaired) electrons. The number of H-pyrrole nitrogens is 1. The average Bonchev–Trinajstić information content (AvgIpc) is 2.38. The van der Waals surface area contributed by atoms with Crippen molar-refractivity contribution in [2.75, 3.05) is 0 Å². The Balaban J connectivity index is 2.39. The molecule has 2 heterocycles. The highest BCUT2D eigenvalue weighted by molar-refractivity contribution is 6.36. The standard InChI is InChI=1S/C13H8Cl2N4O/c1-6-17-11-9(13(20)18-6)5-16-19-12(11)8-3-2-7(14)4-10(8)15/h2-5H,1H3,(H,17,18,20). The lowest BCUT2D eigenvalue weighted by molar-refractivity contribution is 1.01. The van der Waals surface area contributed by atoms with Crippen molar-refractivity contribution in [1.82, 2.24) is 20.2 Å². The van der Waals surface area contributed by atoms with E-state index < -0.39 is 0 Å². The smallest absolute Gasteiger partial charge is 0.260 e. The van der Waals surface area contributed by atoms with Crippen molar-refractivity contribution in [1.29, 1.82) is 0 Å². The van der Waals surface area contributed by atoms with Crippen LogP contribution < -0.4 is 5.56 Å². The molecule has 0 aliphatic rings. The number of halogens is 2. The molecule has 3 aromatic rings. The van der Waals surface area contributed by atoms with Crippen molar-refractivity contribution >= 4 is 34.1 Å². The molecule has 7 heteroatoms. The van der Waals surface area contributed by atoms with Gasteiger partial charge in [-0.3, -0.25) is 4.79 Å². The number of hydrogen-bond donors (Lipinski definition) is 1. The minimum atomic E-state index is -0.256. The fourth-order valence-electron chi connectivity index (χ4n) is 1.95. The highest BCUT2D eigenvalue weighted by atomic mass is 35.5. The number of hydrogen-bond acceptors (Lipinski definition) is 4. The molecular weight excluding hydrogens is 299 g/mol. The predicted octanol–water partition coefficient (Wildman–Crippen LogP) is 3.00. The Morgan fingerprint density at radius 3 is 2.80 bits per heavy atom. The Labute approximate surface area is 123 Å². The first-order valence-corrected chi connectivity index (χ1v) is 6.49. The van der Waals surface area contributed by atoms with Crippen LogP contribution in [0.25, 0.3) is 22.2 Å². The molecule has 0 aliphatic heterocycles. The summed E-state index contributed by atoms with van der Waals surface area (Å²) in [5.74, 6) is 0.502. The number of rotatable bonds is 1. The van der Waals surface area contributed by atoms with E-state index in [4.69, 9.17) is 23.2 Å². The summed E-state index contributed by atoms with van der Waals surface area (Å²) in [6, 6.07) is 5.04. The summed E-state index contributed by atoms with van der Waals surface area (Å²) in [6.45, 7) is 1.70. The lowest BCUT2D eigenvalue weighted by Crippen LogP contribution is -2.11. The molecule has 3 rings (SSSR count). The molecule has 20 heavy (non-hydrogen) atoms. The number of aryl methyl sites for hydroxylation is 1.